The molecule has 0 saturated carbocycles. The van der Waals surface area contributed by atoms with E-state index < -0.39 is 0 Å². The summed E-state index contributed by atoms with van der Waals surface area (Å²) < 4.78 is 0. The molecule has 0 radical (unpaired) electrons. The summed E-state index contributed by atoms with van der Waals surface area (Å²) in [5.41, 5.74) is 3.73. The Labute approximate surface area is 114 Å². The second-order valence-electron chi connectivity index (χ2n) is 5.10. The number of aromatic nitrogens is 2. The Balaban J connectivity index is 2.06. The standard InChI is InChI=1S/C13H24N6/c1-3-5-11-12(16-9-17-13(11)18-14)15-8-10-6-4-7-19(10)2/h9-10H,3-8,14H2,1-2H3,(H2,15,16,17,18). The van der Waals surface area contributed by atoms with Gasteiger partial charge in [-0.15, -0.1) is 0 Å². The van der Waals surface area contributed by atoms with Crippen molar-refractivity contribution >= 4 is 11.6 Å². The van der Waals surface area contributed by atoms with E-state index in [1.165, 1.54) is 19.4 Å². The zero-order valence-electron chi connectivity index (χ0n) is 11.8. The lowest BCUT2D eigenvalue weighted by Crippen LogP contribution is -2.32. The van der Waals surface area contributed by atoms with Crippen molar-refractivity contribution in [3.63, 3.8) is 0 Å². The summed E-state index contributed by atoms with van der Waals surface area (Å²) in [6, 6.07) is 0.596. The largest absolute Gasteiger partial charge is 0.368 e. The molecule has 0 spiro atoms. The number of nitrogens with one attached hydrogen (secondary N) is 2. The Hall–Kier alpha value is -1.40. The van der Waals surface area contributed by atoms with Crippen molar-refractivity contribution in [2.24, 2.45) is 5.84 Å². The van der Waals surface area contributed by atoms with Gasteiger partial charge in [-0.05, 0) is 32.9 Å². The van der Waals surface area contributed by atoms with Crippen LogP contribution in [0.5, 0.6) is 0 Å². The minimum absolute atomic E-state index is 0.596. The first-order valence-corrected chi connectivity index (χ1v) is 7.00. The van der Waals surface area contributed by atoms with Gasteiger partial charge >= 0.3 is 0 Å². The summed E-state index contributed by atoms with van der Waals surface area (Å²) in [4.78, 5) is 10.9. The lowest BCUT2D eigenvalue weighted by Gasteiger charge is -2.21. The molecule has 1 atom stereocenters. The van der Waals surface area contributed by atoms with Crippen molar-refractivity contribution in [3.8, 4) is 0 Å². The summed E-state index contributed by atoms with van der Waals surface area (Å²) >= 11 is 0. The quantitative estimate of drug-likeness (QED) is 0.529. The lowest BCUT2D eigenvalue weighted by atomic mass is 10.1. The third-order valence-electron chi connectivity index (χ3n) is 3.76. The van der Waals surface area contributed by atoms with Gasteiger partial charge in [-0.3, -0.25) is 0 Å². The van der Waals surface area contributed by atoms with Crippen molar-refractivity contribution in [1.29, 1.82) is 0 Å². The number of likely N-dealkylation sites (N-methyl/N-ethyl adjacent to an activating group) is 1. The molecule has 1 fully saturated rings. The molecule has 4 N–H and O–H groups in total. The molecule has 6 nitrogen and oxygen atoms in total. The Morgan fingerprint density at radius 1 is 1.42 bits per heavy atom. The van der Waals surface area contributed by atoms with Gasteiger partial charge in [0.2, 0.25) is 0 Å². The molecule has 106 valence electrons. The molecule has 2 rings (SSSR count). The van der Waals surface area contributed by atoms with E-state index in [0.717, 1.165) is 36.6 Å². The number of anilines is 2. The number of nitrogens with two attached hydrogens (primary N) is 1. The second kappa shape index (κ2) is 6.68. The fourth-order valence-electron chi connectivity index (χ4n) is 2.63. The minimum Gasteiger partial charge on any atom is -0.368 e. The highest BCUT2D eigenvalue weighted by molar-refractivity contribution is 5.56. The van der Waals surface area contributed by atoms with Crippen LogP contribution in [0.15, 0.2) is 6.33 Å². The fraction of sp³-hybridized carbons (Fsp3) is 0.692. The zero-order valence-corrected chi connectivity index (χ0v) is 11.8. The van der Waals surface area contributed by atoms with E-state index in [1.54, 1.807) is 6.33 Å². The molecule has 6 heteroatoms. The third-order valence-corrected chi connectivity index (χ3v) is 3.76. The summed E-state index contributed by atoms with van der Waals surface area (Å²) in [7, 11) is 2.18. The highest BCUT2D eigenvalue weighted by Crippen LogP contribution is 2.22. The molecule has 0 amide bonds. The van der Waals surface area contributed by atoms with Crippen LogP contribution < -0.4 is 16.6 Å². The Morgan fingerprint density at radius 3 is 2.84 bits per heavy atom. The number of nitrogens with zero attached hydrogens (tertiary/aromatic N) is 3. The molecule has 2 heterocycles. The van der Waals surface area contributed by atoms with Gasteiger partial charge in [0.05, 0.1) is 0 Å². The predicted octanol–water partition coefficient (Wildman–Crippen LogP) is 1.22. The molecule has 1 aliphatic heterocycles. The summed E-state index contributed by atoms with van der Waals surface area (Å²) in [6.07, 6.45) is 6.04. The molecular weight excluding hydrogens is 240 g/mol. The normalized spacial score (nSPS) is 19.6. The first kappa shape index (κ1) is 14.0. The Bertz CT molecular complexity index is 408. The minimum atomic E-state index is 0.596. The van der Waals surface area contributed by atoms with E-state index in [9.17, 15) is 0 Å². The molecule has 0 aliphatic carbocycles. The molecule has 1 aliphatic rings. The van der Waals surface area contributed by atoms with E-state index in [1.807, 2.05) is 0 Å². The van der Waals surface area contributed by atoms with Crippen LogP contribution in [0.2, 0.25) is 0 Å². The highest BCUT2D eigenvalue weighted by atomic mass is 15.3. The van der Waals surface area contributed by atoms with Crippen LogP contribution in [-0.2, 0) is 6.42 Å². The summed E-state index contributed by atoms with van der Waals surface area (Å²) in [5, 5.41) is 3.46. The summed E-state index contributed by atoms with van der Waals surface area (Å²) in [6.45, 7) is 4.25. The smallest absolute Gasteiger partial charge is 0.148 e. The van der Waals surface area contributed by atoms with Gasteiger partial charge in [0, 0.05) is 18.2 Å². The average Bonchev–Trinajstić information content (AvgIpc) is 2.83. The first-order valence-electron chi connectivity index (χ1n) is 7.00. The maximum atomic E-state index is 5.51. The number of likely N-dealkylation sites (tertiary alicyclic amines) is 1. The van der Waals surface area contributed by atoms with Crippen LogP contribution in [-0.4, -0.2) is 41.0 Å². The van der Waals surface area contributed by atoms with Crippen LogP contribution in [0.3, 0.4) is 0 Å². The molecule has 1 aromatic rings. The molecule has 1 saturated heterocycles. The van der Waals surface area contributed by atoms with E-state index >= 15 is 0 Å². The monoisotopic (exact) mass is 264 g/mol. The lowest BCUT2D eigenvalue weighted by molar-refractivity contribution is 0.322. The number of hydrazine groups is 1. The van der Waals surface area contributed by atoms with Crippen molar-refractivity contribution in [1.82, 2.24) is 14.9 Å². The SMILES string of the molecule is CCCc1c(NN)ncnc1NCC1CCCN1C. The van der Waals surface area contributed by atoms with E-state index in [4.69, 9.17) is 5.84 Å². The molecule has 1 aromatic heterocycles. The van der Waals surface area contributed by atoms with Gasteiger partial charge in [0.15, 0.2) is 0 Å². The highest BCUT2D eigenvalue weighted by Gasteiger charge is 2.21. The van der Waals surface area contributed by atoms with Crippen LogP contribution in [0, 0.1) is 0 Å². The average molecular weight is 264 g/mol. The molecule has 1 unspecified atom stereocenters. The second-order valence-corrected chi connectivity index (χ2v) is 5.10. The number of nitrogen functional groups attached to an aromatic ring is 1. The molecule has 19 heavy (non-hydrogen) atoms. The van der Waals surface area contributed by atoms with Crippen molar-refractivity contribution in [2.75, 3.05) is 30.9 Å². The van der Waals surface area contributed by atoms with E-state index in [-0.39, 0.29) is 0 Å². The van der Waals surface area contributed by atoms with Crippen LogP contribution >= 0.6 is 0 Å². The van der Waals surface area contributed by atoms with Crippen LogP contribution in [0.25, 0.3) is 0 Å². The van der Waals surface area contributed by atoms with Crippen molar-refractivity contribution in [3.05, 3.63) is 11.9 Å². The Kier molecular flexibility index (Phi) is 4.93. The number of hydrogen-bond acceptors (Lipinski definition) is 6. The van der Waals surface area contributed by atoms with Crippen molar-refractivity contribution < 1.29 is 0 Å². The van der Waals surface area contributed by atoms with Gasteiger partial charge in [0.25, 0.3) is 0 Å². The van der Waals surface area contributed by atoms with Crippen LogP contribution in [0.1, 0.15) is 31.7 Å². The molecular formula is C13H24N6. The van der Waals surface area contributed by atoms with Gasteiger partial charge in [-0.25, -0.2) is 15.8 Å². The van der Waals surface area contributed by atoms with Crippen LogP contribution in [0.4, 0.5) is 11.6 Å². The topological polar surface area (TPSA) is 79.1 Å². The van der Waals surface area contributed by atoms with Gasteiger partial charge in [-0.2, -0.15) is 0 Å². The maximum absolute atomic E-state index is 5.51. The first-order chi connectivity index (χ1) is 9.26. The van der Waals surface area contributed by atoms with E-state index in [0.29, 0.717) is 6.04 Å². The van der Waals surface area contributed by atoms with Gasteiger partial charge in [0.1, 0.15) is 18.0 Å². The van der Waals surface area contributed by atoms with Gasteiger partial charge < -0.3 is 15.6 Å². The molecule has 0 bridgehead atoms. The Morgan fingerprint density at radius 2 is 2.21 bits per heavy atom. The zero-order chi connectivity index (χ0) is 13.7. The number of rotatable bonds is 6. The third kappa shape index (κ3) is 3.33. The van der Waals surface area contributed by atoms with Crippen molar-refractivity contribution in [2.45, 2.75) is 38.6 Å². The summed E-state index contributed by atoms with van der Waals surface area (Å²) in [5.74, 6) is 7.14. The van der Waals surface area contributed by atoms with E-state index in [2.05, 4.69) is 39.6 Å². The maximum Gasteiger partial charge on any atom is 0.148 e. The van der Waals surface area contributed by atoms with Gasteiger partial charge in [-0.1, -0.05) is 13.3 Å². The predicted molar refractivity (Wildman–Crippen MR) is 78.0 cm³/mol. The number of hydrogen-bond donors (Lipinski definition) is 3. The molecule has 0 aromatic carbocycles. The fourth-order valence-corrected chi connectivity index (χ4v) is 2.63.